The highest BCUT2D eigenvalue weighted by atomic mass is 35.5. The van der Waals surface area contributed by atoms with Crippen LogP contribution in [0.4, 0.5) is 0 Å². The molecule has 31 nitrogen and oxygen atoms in total. The first kappa shape index (κ1) is 85.2. The van der Waals surface area contributed by atoms with Crippen molar-refractivity contribution in [1.82, 2.24) is 16.0 Å². The first-order chi connectivity index (χ1) is 43.3. The molecule has 0 aromatic carbocycles. The Bertz CT molecular complexity index is 1960. The second-order valence-corrected chi connectivity index (χ2v) is 22.2. The highest BCUT2D eigenvalue weighted by Crippen LogP contribution is 2.38. The third-order valence-electron chi connectivity index (χ3n) is 13.4. The molecule has 92 heavy (non-hydrogen) atoms. The molecule has 8 aliphatic rings. The zero-order valence-corrected chi connectivity index (χ0v) is 54.3. The van der Waals surface area contributed by atoms with Crippen LogP contribution in [0.1, 0.15) is 21.3 Å². The standard InChI is InChI=1S/C17H26N2O8.C9H14Cl2O4.2C9H12O4.C5H12O4.C4H9ClO2.C4H7NO2.CH4/c1-5-13(20)18-11-26-15(3)22-7-17(8-23-15)9-24-16(4,25-10-17)27-12-19-14(21)6-2;10-1-7-12-3-9(4-13-7)5-14-8(2-11)15-6-9;2*1-7-10-3-9(4-11-7)5-12-8(2)13-6-9;6-1-5(2-7,3-8)4-9;1-6-4(3-5)7-2;1-2-4(7)5-3-6;/h5-6H,1-2,7-12H2,3-4H3,(H,18,20)(H,19,21);7-8H,1-6H2;2*1-6H2;6-9H,1-4H2;4H,3H2,1-2H3;2,6H,1,3H2,(H,5,7);1H4. The summed E-state index contributed by atoms with van der Waals surface area (Å²) in [5.41, 5.74) is -2.20. The van der Waals surface area contributed by atoms with Gasteiger partial charge in [-0.2, -0.15) is 0 Å². The molecule has 8 saturated heterocycles. The topological polar surface area (TPSA) is 373 Å². The molecule has 4 spiro atoms. The zero-order valence-electron chi connectivity index (χ0n) is 52.1. The number of ether oxygens (including phenoxy) is 20. The predicted octanol–water partition coefficient (Wildman–Crippen LogP) is 1.84. The van der Waals surface area contributed by atoms with Crippen molar-refractivity contribution in [3.8, 4) is 0 Å². The van der Waals surface area contributed by atoms with Crippen molar-refractivity contribution in [1.29, 1.82) is 0 Å². The van der Waals surface area contributed by atoms with E-state index in [1.807, 2.05) is 0 Å². The number of alkyl halides is 3. The number of halogens is 3. The fourth-order valence-electron chi connectivity index (χ4n) is 7.07. The van der Waals surface area contributed by atoms with Crippen LogP contribution in [0.3, 0.4) is 0 Å². The summed E-state index contributed by atoms with van der Waals surface area (Å²) in [6, 6.07) is 0. The van der Waals surface area contributed by atoms with Crippen LogP contribution in [-0.4, -0.2) is 258 Å². The summed E-state index contributed by atoms with van der Waals surface area (Å²) >= 11 is 16.6. The van der Waals surface area contributed by atoms with Crippen LogP contribution in [-0.2, 0) is 109 Å². The highest BCUT2D eigenvalue weighted by molar-refractivity contribution is 6.18. The lowest BCUT2D eigenvalue weighted by molar-refractivity contribution is -0.456. The predicted molar refractivity (Wildman–Crippen MR) is 327 cm³/mol. The molecule has 0 aliphatic carbocycles. The van der Waals surface area contributed by atoms with Gasteiger partial charge in [0, 0.05) is 28.1 Å². The maximum Gasteiger partial charge on any atom is 0.281 e. The van der Waals surface area contributed by atoms with E-state index in [-0.39, 0.29) is 107 Å². The van der Waals surface area contributed by atoms with Gasteiger partial charge < -0.3 is 136 Å². The molecule has 8 heterocycles. The van der Waals surface area contributed by atoms with Crippen molar-refractivity contribution in [2.75, 3.05) is 184 Å². The SMILES string of the molecule is C.C=C1OCC2(CO1)COC(=C)OC2.C=C1OCC2(CO1)COC(=C)OC2.C=CC(=O)NCO.C=CC(=O)NCOC1(C)OCC2(CO1)COC(C)(OCNC(=O)C=C)OC2.COC(CCl)OC.ClCC1OCC2(CO1)COC(CCl)OC2.OCC(CO)(CO)CO. The van der Waals surface area contributed by atoms with Crippen LogP contribution in [0.15, 0.2) is 88.1 Å². The van der Waals surface area contributed by atoms with E-state index in [1.54, 1.807) is 28.1 Å². The van der Waals surface area contributed by atoms with Crippen molar-refractivity contribution < 1.29 is 135 Å². The summed E-state index contributed by atoms with van der Waals surface area (Å²) in [6.07, 6.45) is 2.52. The first-order valence-electron chi connectivity index (χ1n) is 27.9. The molecule has 8 aliphatic heterocycles. The van der Waals surface area contributed by atoms with Gasteiger partial charge in [0.05, 0.1) is 113 Å². The van der Waals surface area contributed by atoms with Crippen molar-refractivity contribution >= 4 is 52.5 Å². The van der Waals surface area contributed by atoms with E-state index >= 15 is 0 Å². The smallest absolute Gasteiger partial charge is 0.281 e. The molecule has 0 unspecified atom stereocenters. The van der Waals surface area contributed by atoms with E-state index in [4.69, 9.17) is 155 Å². The Kier molecular flexibility index (Phi) is 40.8. The molecule has 0 bridgehead atoms. The number of hydrogen-bond donors (Lipinski definition) is 8. The molecular weight excluding hydrogens is 1290 g/mol. The Balaban J connectivity index is 0.000000566. The maximum atomic E-state index is 11.1. The van der Waals surface area contributed by atoms with Gasteiger partial charge in [0.2, 0.25) is 17.7 Å². The minimum Gasteiger partial charge on any atom is -0.465 e. The molecule has 0 atom stereocenters. The minimum absolute atomic E-state index is 0. The number of amides is 3. The normalized spacial score (nSPS) is 26.4. The highest BCUT2D eigenvalue weighted by Gasteiger charge is 2.50. The van der Waals surface area contributed by atoms with Gasteiger partial charge in [0.1, 0.15) is 83.9 Å². The number of methoxy groups -OCH3 is 2. The lowest BCUT2D eigenvalue weighted by atomic mass is 9.90. The quantitative estimate of drug-likeness (QED) is 0.0519. The molecule has 8 rings (SSSR count). The van der Waals surface area contributed by atoms with Gasteiger partial charge in [-0.1, -0.05) is 27.2 Å². The fraction of sp³-hybridized carbons (Fsp3) is 0.707. The van der Waals surface area contributed by atoms with Crippen LogP contribution in [0, 0.1) is 27.1 Å². The summed E-state index contributed by atoms with van der Waals surface area (Å²) in [6.45, 7) is 32.7. The van der Waals surface area contributed by atoms with E-state index in [9.17, 15) is 14.4 Å². The van der Waals surface area contributed by atoms with E-state index in [1.165, 1.54) is 0 Å². The Labute approximate surface area is 552 Å². The van der Waals surface area contributed by atoms with Gasteiger partial charge in [0.25, 0.3) is 35.7 Å². The summed E-state index contributed by atoms with van der Waals surface area (Å²) in [5, 5.41) is 49.0. The summed E-state index contributed by atoms with van der Waals surface area (Å²) in [4.78, 5) is 32.3. The Morgan fingerprint density at radius 1 is 0.489 bits per heavy atom. The van der Waals surface area contributed by atoms with Crippen molar-refractivity contribution in [2.24, 2.45) is 27.1 Å². The van der Waals surface area contributed by atoms with Crippen LogP contribution in [0.2, 0.25) is 0 Å². The number of aliphatic hydroxyl groups excluding tert-OH is 5. The molecule has 532 valence electrons. The average Bonchev–Trinajstić information content (AvgIpc) is 0.819. The number of carbonyl (C=O) groups is 3. The number of aliphatic hydroxyl groups is 5. The lowest BCUT2D eigenvalue weighted by Gasteiger charge is -2.48. The number of rotatable bonds is 19. The zero-order chi connectivity index (χ0) is 68.0. The molecular formula is C58H96Cl3N3O28. The second kappa shape index (κ2) is 44.0. The maximum absolute atomic E-state index is 11.1. The number of nitrogens with one attached hydrogen (secondary N) is 3. The second-order valence-electron chi connectivity index (χ2n) is 21.2. The third kappa shape index (κ3) is 30.7. The number of hydrogen-bond acceptors (Lipinski definition) is 28. The van der Waals surface area contributed by atoms with Gasteiger partial charge >= 0.3 is 0 Å². The Morgan fingerprint density at radius 2 is 0.739 bits per heavy atom. The molecule has 0 saturated carbocycles. The van der Waals surface area contributed by atoms with Gasteiger partial charge in [-0.05, 0) is 44.5 Å². The van der Waals surface area contributed by atoms with Crippen LogP contribution in [0.5, 0.6) is 0 Å². The molecule has 3 amide bonds. The lowest BCUT2D eigenvalue weighted by Crippen LogP contribution is -2.59. The largest absolute Gasteiger partial charge is 0.465 e. The third-order valence-corrected chi connectivity index (χ3v) is 14.2. The Morgan fingerprint density at radius 3 is 0.924 bits per heavy atom. The summed E-state index contributed by atoms with van der Waals surface area (Å²) < 4.78 is 106. The minimum atomic E-state index is -1.29. The molecule has 0 aromatic heterocycles. The molecule has 0 aromatic rings. The number of carbonyl (C=O) groups excluding carboxylic acids is 3. The van der Waals surface area contributed by atoms with Crippen molar-refractivity contribution in [3.05, 3.63) is 88.1 Å². The van der Waals surface area contributed by atoms with Crippen molar-refractivity contribution in [2.45, 2.75) is 52.1 Å². The molecule has 8 N–H and O–H groups in total. The first-order valence-corrected chi connectivity index (χ1v) is 29.5. The molecule has 34 heteroatoms. The van der Waals surface area contributed by atoms with E-state index in [2.05, 4.69) is 62.0 Å². The van der Waals surface area contributed by atoms with Gasteiger partial charge in [-0.3, -0.25) is 14.4 Å². The summed E-state index contributed by atoms with van der Waals surface area (Å²) in [5.74, 6) is -1.08. The summed E-state index contributed by atoms with van der Waals surface area (Å²) in [7, 11) is 3.10. The molecule has 8 fully saturated rings. The van der Waals surface area contributed by atoms with Gasteiger partial charge in [-0.15, -0.1) is 34.8 Å². The van der Waals surface area contributed by atoms with Gasteiger partial charge in [0.15, 0.2) is 18.9 Å². The van der Waals surface area contributed by atoms with E-state index < -0.39 is 49.2 Å². The van der Waals surface area contributed by atoms with Gasteiger partial charge in [-0.25, -0.2) is 0 Å². The van der Waals surface area contributed by atoms with E-state index in [0.717, 1.165) is 18.2 Å². The van der Waals surface area contributed by atoms with Crippen LogP contribution in [0.25, 0.3) is 0 Å². The monoisotopic (exact) mass is 1390 g/mol. The fourth-order valence-corrected chi connectivity index (χ4v) is 7.68. The van der Waals surface area contributed by atoms with Crippen LogP contribution < -0.4 is 16.0 Å². The van der Waals surface area contributed by atoms with Crippen molar-refractivity contribution in [3.63, 3.8) is 0 Å². The van der Waals surface area contributed by atoms with E-state index in [0.29, 0.717) is 121 Å². The van der Waals surface area contributed by atoms with Crippen LogP contribution >= 0.6 is 34.8 Å². The molecule has 0 radical (unpaired) electrons. The average molecular weight is 1390 g/mol. The Hall–Kier alpha value is -4.82.